The van der Waals surface area contributed by atoms with E-state index in [-0.39, 0.29) is 5.75 Å². The van der Waals surface area contributed by atoms with E-state index in [2.05, 4.69) is 15.0 Å². The molecule has 0 unspecified atom stereocenters. The molecule has 1 saturated heterocycles. The molecule has 0 saturated carbocycles. The van der Waals surface area contributed by atoms with Gasteiger partial charge in [-0.15, -0.1) is 0 Å². The van der Waals surface area contributed by atoms with Gasteiger partial charge in [0.05, 0.1) is 12.3 Å². The minimum Gasteiger partial charge on any atom is -0.338 e. The fraction of sp³-hybridized carbons (Fsp3) is 0.556. The van der Waals surface area contributed by atoms with Crippen molar-refractivity contribution in [2.45, 2.75) is 26.8 Å². The summed E-state index contributed by atoms with van der Waals surface area (Å²) >= 11 is 5.89. The van der Waals surface area contributed by atoms with Crippen LogP contribution in [0.25, 0.3) is 11.4 Å². The van der Waals surface area contributed by atoms with Crippen molar-refractivity contribution >= 4 is 21.6 Å². The van der Waals surface area contributed by atoms with Crippen molar-refractivity contribution in [1.29, 1.82) is 0 Å². The van der Waals surface area contributed by atoms with Gasteiger partial charge in [-0.2, -0.15) is 9.29 Å². The van der Waals surface area contributed by atoms with Gasteiger partial charge in [-0.05, 0) is 36.6 Å². The van der Waals surface area contributed by atoms with Gasteiger partial charge in [-0.3, -0.25) is 4.90 Å². The second-order valence-corrected chi connectivity index (χ2v) is 9.72. The molecule has 9 heteroatoms. The maximum Gasteiger partial charge on any atom is 0.241 e. The Morgan fingerprint density at radius 2 is 1.81 bits per heavy atom. The van der Waals surface area contributed by atoms with Gasteiger partial charge in [0.15, 0.2) is 0 Å². The zero-order valence-corrected chi connectivity index (χ0v) is 17.2. The molecule has 0 bridgehead atoms. The Morgan fingerprint density at radius 1 is 1.15 bits per heavy atom. The van der Waals surface area contributed by atoms with Crippen LogP contribution in [0.4, 0.5) is 0 Å². The van der Waals surface area contributed by atoms with Crippen LogP contribution in [0.1, 0.15) is 26.2 Å². The standard InChI is InChI=1S/C18H25ClN4O3S/c1-14(2)7-12-27(24,25)23-10-8-22(9-11-23)13-17-20-18(21-26-17)15-3-5-16(19)6-4-15/h3-6,14H,7-13H2,1-2H3. The molecule has 0 atom stereocenters. The zero-order valence-electron chi connectivity index (χ0n) is 15.6. The highest BCUT2D eigenvalue weighted by molar-refractivity contribution is 7.89. The van der Waals surface area contributed by atoms with Gasteiger partial charge in [0.1, 0.15) is 0 Å². The second kappa shape index (κ2) is 8.68. The first-order valence-electron chi connectivity index (χ1n) is 9.12. The van der Waals surface area contributed by atoms with Crippen LogP contribution in [-0.4, -0.2) is 59.7 Å². The molecule has 0 N–H and O–H groups in total. The number of aromatic nitrogens is 2. The molecule has 0 spiro atoms. The highest BCUT2D eigenvalue weighted by Crippen LogP contribution is 2.19. The summed E-state index contributed by atoms with van der Waals surface area (Å²) in [5.74, 6) is 1.65. The van der Waals surface area contributed by atoms with Crippen LogP contribution in [0.3, 0.4) is 0 Å². The van der Waals surface area contributed by atoms with E-state index < -0.39 is 10.0 Å². The Bertz CT molecular complexity index is 844. The lowest BCUT2D eigenvalue weighted by Crippen LogP contribution is -2.48. The molecule has 1 aromatic carbocycles. The van der Waals surface area contributed by atoms with Crippen molar-refractivity contribution in [2.75, 3.05) is 31.9 Å². The van der Waals surface area contributed by atoms with E-state index in [9.17, 15) is 8.42 Å². The van der Waals surface area contributed by atoms with Gasteiger partial charge in [0.2, 0.25) is 21.7 Å². The molecule has 1 aliphatic heterocycles. The zero-order chi connectivity index (χ0) is 19.4. The first-order chi connectivity index (χ1) is 12.8. The number of sulfonamides is 1. The Kier molecular flexibility index (Phi) is 6.52. The predicted octanol–water partition coefficient (Wildman–Crippen LogP) is 2.88. The molecule has 1 aliphatic rings. The quantitative estimate of drug-likeness (QED) is 0.695. The highest BCUT2D eigenvalue weighted by Gasteiger charge is 2.27. The molecule has 0 radical (unpaired) electrons. The summed E-state index contributed by atoms with van der Waals surface area (Å²) < 4.78 is 31.7. The van der Waals surface area contributed by atoms with Crippen LogP contribution in [0.2, 0.25) is 5.02 Å². The molecule has 0 amide bonds. The van der Waals surface area contributed by atoms with Crippen molar-refractivity contribution in [3.8, 4) is 11.4 Å². The minimum atomic E-state index is -3.17. The van der Waals surface area contributed by atoms with Crippen molar-refractivity contribution in [3.05, 3.63) is 35.2 Å². The van der Waals surface area contributed by atoms with Crippen molar-refractivity contribution in [1.82, 2.24) is 19.3 Å². The van der Waals surface area contributed by atoms with Gasteiger partial charge in [-0.1, -0.05) is 30.6 Å². The van der Waals surface area contributed by atoms with Crippen molar-refractivity contribution < 1.29 is 12.9 Å². The lowest BCUT2D eigenvalue weighted by molar-refractivity contribution is 0.163. The first kappa shape index (κ1) is 20.3. The number of hydrogen-bond acceptors (Lipinski definition) is 6. The summed E-state index contributed by atoms with van der Waals surface area (Å²) in [6, 6.07) is 7.26. The van der Waals surface area contributed by atoms with Gasteiger partial charge in [-0.25, -0.2) is 8.42 Å². The number of hydrogen-bond donors (Lipinski definition) is 0. The van der Waals surface area contributed by atoms with Gasteiger partial charge in [0.25, 0.3) is 0 Å². The Morgan fingerprint density at radius 3 is 2.44 bits per heavy atom. The number of piperazine rings is 1. The average Bonchev–Trinajstić information content (AvgIpc) is 3.10. The number of rotatable bonds is 7. The van der Waals surface area contributed by atoms with E-state index in [4.69, 9.17) is 16.1 Å². The Balaban J connectivity index is 1.53. The summed E-state index contributed by atoms with van der Waals surface area (Å²) in [4.78, 5) is 6.56. The molecule has 2 heterocycles. The van der Waals surface area contributed by atoms with E-state index in [1.807, 2.05) is 26.0 Å². The number of nitrogens with zero attached hydrogens (tertiary/aromatic N) is 4. The van der Waals surface area contributed by atoms with Crippen LogP contribution in [0.5, 0.6) is 0 Å². The highest BCUT2D eigenvalue weighted by atomic mass is 35.5. The van der Waals surface area contributed by atoms with E-state index in [1.165, 1.54) is 0 Å². The second-order valence-electron chi connectivity index (χ2n) is 7.19. The van der Waals surface area contributed by atoms with Crippen LogP contribution in [0, 0.1) is 5.92 Å². The van der Waals surface area contributed by atoms with Crippen molar-refractivity contribution in [2.24, 2.45) is 5.92 Å². The summed E-state index contributed by atoms with van der Waals surface area (Å²) in [5.41, 5.74) is 0.843. The summed E-state index contributed by atoms with van der Waals surface area (Å²) in [6.07, 6.45) is 0.692. The van der Waals surface area contributed by atoms with E-state index in [0.717, 1.165) is 5.56 Å². The minimum absolute atomic E-state index is 0.221. The van der Waals surface area contributed by atoms with Gasteiger partial charge < -0.3 is 4.52 Å². The topological polar surface area (TPSA) is 79.5 Å². The van der Waals surface area contributed by atoms with Gasteiger partial charge in [0, 0.05) is 36.8 Å². The molecule has 1 fully saturated rings. The summed E-state index contributed by atoms with van der Waals surface area (Å²) in [6.45, 7) is 6.89. The van der Waals surface area contributed by atoms with Gasteiger partial charge >= 0.3 is 0 Å². The third-order valence-corrected chi connectivity index (χ3v) is 6.76. The normalized spacial score (nSPS) is 16.9. The Hall–Kier alpha value is -1.48. The predicted molar refractivity (Wildman–Crippen MR) is 105 cm³/mol. The molecular weight excluding hydrogens is 388 g/mol. The summed E-state index contributed by atoms with van der Waals surface area (Å²) in [7, 11) is -3.17. The van der Waals surface area contributed by atoms with E-state index in [1.54, 1.807) is 16.4 Å². The lowest BCUT2D eigenvalue weighted by atomic mass is 10.2. The number of halogens is 1. The Labute approximate surface area is 165 Å². The molecule has 148 valence electrons. The maximum absolute atomic E-state index is 12.4. The van der Waals surface area contributed by atoms with E-state index in [0.29, 0.717) is 61.8 Å². The molecule has 27 heavy (non-hydrogen) atoms. The molecule has 7 nitrogen and oxygen atoms in total. The number of benzene rings is 1. The SMILES string of the molecule is CC(C)CCS(=O)(=O)N1CCN(Cc2nc(-c3ccc(Cl)cc3)no2)CC1. The molecule has 3 rings (SSSR count). The van der Waals surface area contributed by atoms with Crippen LogP contribution >= 0.6 is 11.6 Å². The van der Waals surface area contributed by atoms with Crippen LogP contribution in [-0.2, 0) is 16.6 Å². The fourth-order valence-corrected chi connectivity index (χ4v) is 4.78. The maximum atomic E-state index is 12.4. The fourth-order valence-electron chi connectivity index (χ4n) is 2.91. The monoisotopic (exact) mass is 412 g/mol. The third-order valence-electron chi connectivity index (χ3n) is 4.61. The molecular formula is C18H25ClN4O3S. The summed E-state index contributed by atoms with van der Waals surface area (Å²) in [5, 5.41) is 4.67. The van der Waals surface area contributed by atoms with Crippen LogP contribution in [0.15, 0.2) is 28.8 Å². The molecule has 2 aromatic rings. The first-order valence-corrected chi connectivity index (χ1v) is 11.1. The van der Waals surface area contributed by atoms with Crippen molar-refractivity contribution in [3.63, 3.8) is 0 Å². The van der Waals surface area contributed by atoms with E-state index >= 15 is 0 Å². The third kappa shape index (κ3) is 5.51. The van der Waals surface area contributed by atoms with Crippen LogP contribution < -0.4 is 0 Å². The smallest absolute Gasteiger partial charge is 0.241 e. The molecule has 1 aromatic heterocycles. The molecule has 0 aliphatic carbocycles. The lowest BCUT2D eigenvalue weighted by Gasteiger charge is -2.33. The largest absolute Gasteiger partial charge is 0.338 e. The average molecular weight is 413 g/mol.